The van der Waals surface area contributed by atoms with Crippen LogP contribution in [0.4, 0.5) is 11.6 Å². The number of halogens is 1. The maximum Gasteiger partial charge on any atom is 0.258 e. The van der Waals surface area contributed by atoms with Crippen molar-refractivity contribution in [3.8, 4) is 5.75 Å². The predicted octanol–water partition coefficient (Wildman–Crippen LogP) is 3.91. The van der Waals surface area contributed by atoms with Crippen molar-refractivity contribution in [3.05, 3.63) is 40.7 Å². The van der Waals surface area contributed by atoms with Gasteiger partial charge in [-0.15, -0.1) is 0 Å². The van der Waals surface area contributed by atoms with Gasteiger partial charge in [-0.1, -0.05) is 24.9 Å². The second-order valence-corrected chi connectivity index (χ2v) is 5.74. The lowest BCUT2D eigenvalue weighted by molar-refractivity contribution is 0.102. The molecule has 0 aliphatic rings. The van der Waals surface area contributed by atoms with Crippen molar-refractivity contribution in [2.45, 2.75) is 26.7 Å². The Morgan fingerprint density at radius 3 is 2.62 bits per heavy atom. The number of aryl methyl sites for hydroxylation is 1. The van der Waals surface area contributed by atoms with E-state index in [2.05, 4.69) is 27.5 Å². The molecule has 1 aromatic carbocycles. The summed E-state index contributed by atoms with van der Waals surface area (Å²) in [5.74, 6) is 0.702. The average Bonchev–Trinajstić information content (AvgIpc) is 2.58. The molecule has 0 atom stereocenters. The Hall–Kier alpha value is -2.34. The first-order valence-electron chi connectivity index (χ1n) is 7.76. The van der Waals surface area contributed by atoms with Crippen LogP contribution >= 0.6 is 11.6 Å². The van der Waals surface area contributed by atoms with Crippen LogP contribution in [0.15, 0.2) is 24.5 Å². The lowest BCUT2D eigenvalue weighted by atomic mass is 10.2. The van der Waals surface area contributed by atoms with Gasteiger partial charge in [0.25, 0.3) is 5.91 Å². The third-order valence-corrected chi connectivity index (χ3v) is 3.86. The van der Waals surface area contributed by atoms with E-state index >= 15 is 0 Å². The summed E-state index contributed by atoms with van der Waals surface area (Å²) in [4.78, 5) is 20.7. The topological polar surface area (TPSA) is 76.1 Å². The monoisotopic (exact) mass is 348 g/mol. The summed E-state index contributed by atoms with van der Waals surface area (Å²) >= 11 is 6.07. The third-order valence-electron chi connectivity index (χ3n) is 3.46. The SMILES string of the molecule is CCCCNc1ncc(C(=O)Nc2cc(C)c(Cl)cc2OC)cn1. The number of nitrogens with one attached hydrogen (secondary N) is 2. The fourth-order valence-corrected chi connectivity index (χ4v) is 2.19. The number of carbonyl (C=O) groups excluding carboxylic acids is 1. The van der Waals surface area contributed by atoms with E-state index < -0.39 is 0 Å². The summed E-state index contributed by atoms with van der Waals surface area (Å²) in [6, 6.07) is 3.43. The number of nitrogens with zero attached hydrogens (tertiary/aromatic N) is 2. The van der Waals surface area contributed by atoms with Crippen LogP contribution in [0, 0.1) is 6.92 Å². The summed E-state index contributed by atoms with van der Waals surface area (Å²) in [7, 11) is 1.52. The van der Waals surface area contributed by atoms with Crippen LogP contribution in [0.25, 0.3) is 0 Å². The highest BCUT2D eigenvalue weighted by molar-refractivity contribution is 6.31. The molecular weight excluding hydrogens is 328 g/mol. The lowest BCUT2D eigenvalue weighted by Crippen LogP contribution is -2.14. The zero-order chi connectivity index (χ0) is 17.5. The van der Waals surface area contributed by atoms with Crippen LogP contribution in [0.2, 0.25) is 5.02 Å². The van der Waals surface area contributed by atoms with Crippen LogP contribution in [0.1, 0.15) is 35.7 Å². The molecule has 0 aliphatic carbocycles. The van der Waals surface area contributed by atoms with Gasteiger partial charge >= 0.3 is 0 Å². The van der Waals surface area contributed by atoms with E-state index in [0.29, 0.717) is 28.0 Å². The molecule has 0 spiro atoms. The highest BCUT2D eigenvalue weighted by Gasteiger charge is 2.12. The molecule has 0 saturated heterocycles. The summed E-state index contributed by atoms with van der Waals surface area (Å²) < 4.78 is 5.25. The molecule has 2 rings (SSSR count). The number of methoxy groups -OCH3 is 1. The normalized spacial score (nSPS) is 10.3. The number of hydrogen-bond acceptors (Lipinski definition) is 5. The van der Waals surface area contributed by atoms with Gasteiger partial charge in [0.2, 0.25) is 5.95 Å². The molecule has 2 N–H and O–H groups in total. The Morgan fingerprint density at radius 2 is 2.00 bits per heavy atom. The first kappa shape index (κ1) is 18.0. The number of aromatic nitrogens is 2. The van der Waals surface area contributed by atoms with Gasteiger partial charge < -0.3 is 15.4 Å². The van der Waals surface area contributed by atoms with Crippen molar-refractivity contribution in [1.82, 2.24) is 9.97 Å². The Labute approximate surface area is 146 Å². The largest absolute Gasteiger partial charge is 0.495 e. The van der Waals surface area contributed by atoms with E-state index in [-0.39, 0.29) is 5.91 Å². The van der Waals surface area contributed by atoms with E-state index in [1.807, 2.05) is 6.92 Å². The van der Waals surface area contributed by atoms with Crippen molar-refractivity contribution in [1.29, 1.82) is 0 Å². The molecule has 128 valence electrons. The lowest BCUT2D eigenvalue weighted by Gasteiger charge is -2.12. The van der Waals surface area contributed by atoms with Crippen molar-refractivity contribution in [2.24, 2.45) is 0 Å². The first-order valence-corrected chi connectivity index (χ1v) is 8.14. The van der Waals surface area contributed by atoms with Crippen molar-refractivity contribution < 1.29 is 9.53 Å². The van der Waals surface area contributed by atoms with E-state index in [0.717, 1.165) is 24.9 Å². The van der Waals surface area contributed by atoms with Crippen molar-refractivity contribution >= 4 is 29.1 Å². The summed E-state index contributed by atoms with van der Waals surface area (Å²) in [5.41, 5.74) is 1.76. The van der Waals surface area contributed by atoms with Crippen LogP contribution < -0.4 is 15.4 Å². The molecule has 24 heavy (non-hydrogen) atoms. The molecule has 0 fully saturated rings. The number of anilines is 2. The van der Waals surface area contributed by atoms with Gasteiger partial charge in [0, 0.05) is 30.0 Å². The van der Waals surface area contributed by atoms with Gasteiger partial charge in [0.05, 0.1) is 18.4 Å². The molecule has 2 aromatic rings. The predicted molar refractivity (Wildman–Crippen MR) is 96.1 cm³/mol. The number of benzene rings is 1. The second-order valence-electron chi connectivity index (χ2n) is 5.33. The molecule has 6 nitrogen and oxygen atoms in total. The molecule has 0 radical (unpaired) electrons. The summed E-state index contributed by atoms with van der Waals surface area (Å²) in [6.45, 7) is 4.78. The zero-order valence-corrected chi connectivity index (χ0v) is 14.8. The van der Waals surface area contributed by atoms with E-state index in [4.69, 9.17) is 16.3 Å². The minimum Gasteiger partial charge on any atom is -0.495 e. The van der Waals surface area contributed by atoms with Crippen LogP contribution in [0.3, 0.4) is 0 Å². The molecule has 1 aromatic heterocycles. The molecule has 0 unspecified atom stereocenters. The number of rotatable bonds is 7. The Bertz CT molecular complexity index is 704. The average molecular weight is 349 g/mol. The quantitative estimate of drug-likeness (QED) is 0.742. The van der Waals surface area contributed by atoms with Gasteiger partial charge in [-0.05, 0) is 25.0 Å². The minimum absolute atomic E-state index is 0.310. The highest BCUT2D eigenvalue weighted by Crippen LogP contribution is 2.31. The molecule has 0 aliphatic heterocycles. The van der Waals surface area contributed by atoms with E-state index in [1.54, 1.807) is 12.1 Å². The Morgan fingerprint density at radius 1 is 1.29 bits per heavy atom. The maximum absolute atomic E-state index is 12.4. The Balaban J connectivity index is 2.08. The molecule has 1 amide bonds. The van der Waals surface area contributed by atoms with Gasteiger partial charge in [0.15, 0.2) is 0 Å². The first-order chi connectivity index (χ1) is 11.5. The summed E-state index contributed by atoms with van der Waals surface area (Å²) in [6.07, 6.45) is 5.12. The van der Waals surface area contributed by atoms with Crippen molar-refractivity contribution in [2.75, 3.05) is 24.3 Å². The van der Waals surface area contributed by atoms with Gasteiger partial charge in [-0.2, -0.15) is 0 Å². The number of carbonyl (C=O) groups is 1. The molecular formula is C17H21ClN4O2. The van der Waals surface area contributed by atoms with Gasteiger partial charge in [-0.3, -0.25) is 4.79 Å². The number of unbranched alkanes of at least 4 members (excludes halogenated alkanes) is 1. The Kier molecular flexibility index (Phi) is 6.37. The van der Waals surface area contributed by atoms with Crippen molar-refractivity contribution in [3.63, 3.8) is 0 Å². The van der Waals surface area contributed by atoms with Gasteiger partial charge in [0.1, 0.15) is 5.75 Å². The number of hydrogen-bond donors (Lipinski definition) is 2. The molecule has 1 heterocycles. The molecule has 7 heteroatoms. The van der Waals surface area contributed by atoms with E-state index in [1.165, 1.54) is 19.5 Å². The maximum atomic E-state index is 12.4. The molecule has 0 bridgehead atoms. The van der Waals surface area contributed by atoms with Gasteiger partial charge in [-0.25, -0.2) is 9.97 Å². The summed E-state index contributed by atoms with van der Waals surface area (Å²) in [5, 5.41) is 6.48. The van der Waals surface area contributed by atoms with Crippen LogP contribution in [-0.2, 0) is 0 Å². The standard InChI is InChI=1S/C17H21ClN4O2/c1-4-5-6-19-17-20-9-12(10-21-17)16(23)22-14-7-11(2)13(18)8-15(14)24-3/h7-10H,4-6H2,1-3H3,(H,22,23)(H,19,20,21). The van der Waals surface area contributed by atoms with Crippen LogP contribution in [-0.4, -0.2) is 29.5 Å². The van der Waals surface area contributed by atoms with E-state index in [9.17, 15) is 4.79 Å². The smallest absolute Gasteiger partial charge is 0.258 e. The minimum atomic E-state index is -0.310. The van der Waals surface area contributed by atoms with Crippen LogP contribution in [0.5, 0.6) is 5.75 Å². The molecule has 0 saturated carbocycles. The number of ether oxygens (including phenoxy) is 1. The fourth-order valence-electron chi connectivity index (χ4n) is 2.04. The highest BCUT2D eigenvalue weighted by atomic mass is 35.5. The third kappa shape index (κ3) is 4.58. The second kappa shape index (κ2) is 8.49. The fraction of sp³-hybridized carbons (Fsp3) is 0.353. The number of amides is 1. The zero-order valence-electron chi connectivity index (χ0n) is 14.0.